The molecule has 1 aliphatic carbocycles. The molecular formula is C10H11F3N2. The predicted molar refractivity (Wildman–Crippen MR) is 49.1 cm³/mol. The van der Waals surface area contributed by atoms with Gasteiger partial charge in [-0.15, -0.1) is 0 Å². The SMILES string of the molecule is NCc1cncc(C2(C(F)(F)F)CC2)c1. The van der Waals surface area contributed by atoms with Crippen molar-refractivity contribution in [2.24, 2.45) is 5.73 Å². The van der Waals surface area contributed by atoms with E-state index < -0.39 is 11.6 Å². The lowest BCUT2D eigenvalue weighted by Crippen LogP contribution is -2.28. The Balaban J connectivity index is 2.38. The van der Waals surface area contributed by atoms with Gasteiger partial charge in [0.05, 0.1) is 5.41 Å². The van der Waals surface area contributed by atoms with Crippen LogP contribution in [0.1, 0.15) is 24.0 Å². The Kier molecular flexibility index (Phi) is 2.22. The van der Waals surface area contributed by atoms with Crippen LogP contribution in [0.4, 0.5) is 13.2 Å². The highest BCUT2D eigenvalue weighted by molar-refractivity contribution is 5.33. The molecule has 1 fully saturated rings. The van der Waals surface area contributed by atoms with Gasteiger partial charge in [0.25, 0.3) is 0 Å². The summed E-state index contributed by atoms with van der Waals surface area (Å²) in [5.74, 6) is 0. The molecule has 0 saturated heterocycles. The molecule has 0 bridgehead atoms. The predicted octanol–water partition coefficient (Wildman–Crippen LogP) is 2.13. The smallest absolute Gasteiger partial charge is 0.326 e. The van der Waals surface area contributed by atoms with Gasteiger partial charge in [0.1, 0.15) is 0 Å². The number of halogens is 3. The molecule has 0 radical (unpaired) electrons. The average Bonchev–Trinajstić information content (AvgIpc) is 2.97. The largest absolute Gasteiger partial charge is 0.398 e. The Bertz CT molecular complexity index is 369. The number of hydrogen-bond acceptors (Lipinski definition) is 2. The molecule has 0 amide bonds. The summed E-state index contributed by atoms with van der Waals surface area (Å²) in [4.78, 5) is 3.80. The summed E-state index contributed by atoms with van der Waals surface area (Å²) in [7, 11) is 0. The third kappa shape index (κ3) is 1.61. The molecule has 1 aromatic heterocycles. The van der Waals surface area contributed by atoms with E-state index in [9.17, 15) is 13.2 Å². The lowest BCUT2D eigenvalue weighted by Gasteiger charge is -2.19. The van der Waals surface area contributed by atoms with Gasteiger partial charge in [0.2, 0.25) is 0 Å². The highest BCUT2D eigenvalue weighted by Gasteiger charge is 2.64. The Labute approximate surface area is 85.3 Å². The summed E-state index contributed by atoms with van der Waals surface area (Å²) in [6.07, 6.45) is -1.07. The maximum absolute atomic E-state index is 12.8. The van der Waals surface area contributed by atoms with E-state index in [-0.39, 0.29) is 24.9 Å². The van der Waals surface area contributed by atoms with Crippen LogP contribution in [0.5, 0.6) is 0 Å². The molecule has 1 saturated carbocycles. The van der Waals surface area contributed by atoms with Crippen LogP contribution in [-0.2, 0) is 12.0 Å². The molecule has 2 N–H and O–H groups in total. The normalized spacial score (nSPS) is 18.9. The molecule has 0 aromatic carbocycles. The monoisotopic (exact) mass is 216 g/mol. The number of hydrogen-bond donors (Lipinski definition) is 1. The molecule has 82 valence electrons. The highest BCUT2D eigenvalue weighted by atomic mass is 19.4. The number of pyridine rings is 1. The zero-order valence-electron chi connectivity index (χ0n) is 8.01. The molecule has 0 unspecified atom stereocenters. The van der Waals surface area contributed by atoms with E-state index in [1.807, 2.05) is 0 Å². The number of alkyl halides is 3. The summed E-state index contributed by atoms with van der Waals surface area (Å²) in [6.45, 7) is 0.217. The van der Waals surface area contributed by atoms with Crippen molar-refractivity contribution in [3.05, 3.63) is 29.6 Å². The first-order valence-corrected chi connectivity index (χ1v) is 4.71. The number of nitrogens with two attached hydrogens (primary N) is 1. The van der Waals surface area contributed by atoms with Gasteiger partial charge in [0.15, 0.2) is 0 Å². The van der Waals surface area contributed by atoms with Crippen molar-refractivity contribution < 1.29 is 13.2 Å². The summed E-state index contributed by atoms with van der Waals surface area (Å²) in [5.41, 5.74) is 4.61. The van der Waals surface area contributed by atoms with E-state index in [0.717, 1.165) is 0 Å². The van der Waals surface area contributed by atoms with Crippen LogP contribution < -0.4 is 5.73 Å². The summed E-state index contributed by atoms with van der Waals surface area (Å²) >= 11 is 0. The van der Waals surface area contributed by atoms with Crippen molar-refractivity contribution in [2.45, 2.75) is 31.0 Å². The first-order valence-electron chi connectivity index (χ1n) is 4.71. The first-order chi connectivity index (χ1) is 6.99. The van der Waals surface area contributed by atoms with Crippen LogP contribution in [-0.4, -0.2) is 11.2 Å². The Morgan fingerprint density at radius 2 is 2.00 bits per heavy atom. The Hall–Kier alpha value is -1.10. The van der Waals surface area contributed by atoms with E-state index in [2.05, 4.69) is 4.98 Å². The fourth-order valence-electron chi connectivity index (χ4n) is 1.72. The number of rotatable bonds is 2. The molecule has 0 spiro atoms. The van der Waals surface area contributed by atoms with Crippen LogP contribution in [0.2, 0.25) is 0 Å². The quantitative estimate of drug-likeness (QED) is 0.822. The van der Waals surface area contributed by atoms with Crippen LogP contribution >= 0.6 is 0 Å². The second-order valence-corrected chi connectivity index (χ2v) is 3.87. The second-order valence-electron chi connectivity index (χ2n) is 3.87. The Morgan fingerprint density at radius 1 is 1.33 bits per heavy atom. The minimum Gasteiger partial charge on any atom is -0.326 e. The molecule has 2 rings (SSSR count). The minimum absolute atomic E-state index is 0.159. The Morgan fingerprint density at radius 3 is 2.47 bits per heavy atom. The zero-order valence-corrected chi connectivity index (χ0v) is 8.01. The van der Waals surface area contributed by atoms with E-state index >= 15 is 0 Å². The summed E-state index contributed by atoms with van der Waals surface area (Å²) in [6, 6.07) is 1.51. The van der Waals surface area contributed by atoms with Crippen molar-refractivity contribution in [3.8, 4) is 0 Å². The van der Waals surface area contributed by atoms with Crippen molar-refractivity contribution in [1.29, 1.82) is 0 Å². The first kappa shape index (κ1) is 10.4. The van der Waals surface area contributed by atoms with Crippen LogP contribution in [0, 0.1) is 0 Å². The standard InChI is InChI=1S/C10H11F3N2/c11-10(12,13)9(1-2-9)8-3-7(4-14)5-15-6-8/h3,5-6H,1-2,4,14H2. The summed E-state index contributed by atoms with van der Waals surface area (Å²) in [5, 5.41) is 0. The number of nitrogens with zero attached hydrogens (tertiary/aromatic N) is 1. The number of aromatic nitrogens is 1. The second kappa shape index (κ2) is 3.20. The van der Waals surface area contributed by atoms with Gasteiger partial charge in [-0.05, 0) is 24.0 Å². The fraction of sp³-hybridized carbons (Fsp3) is 0.500. The topological polar surface area (TPSA) is 38.9 Å². The van der Waals surface area contributed by atoms with Gasteiger partial charge in [-0.3, -0.25) is 4.98 Å². The van der Waals surface area contributed by atoms with Gasteiger partial charge in [0, 0.05) is 18.9 Å². The van der Waals surface area contributed by atoms with Gasteiger partial charge in [-0.2, -0.15) is 13.2 Å². The lowest BCUT2D eigenvalue weighted by atomic mass is 9.96. The van der Waals surface area contributed by atoms with Gasteiger partial charge < -0.3 is 5.73 Å². The van der Waals surface area contributed by atoms with Gasteiger partial charge >= 0.3 is 6.18 Å². The molecule has 15 heavy (non-hydrogen) atoms. The zero-order chi connectivity index (χ0) is 11.1. The maximum Gasteiger partial charge on any atom is 0.398 e. The van der Waals surface area contributed by atoms with Crippen molar-refractivity contribution >= 4 is 0 Å². The van der Waals surface area contributed by atoms with E-state index in [0.29, 0.717) is 5.56 Å². The van der Waals surface area contributed by atoms with E-state index in [1.54, 1.807) is 0 Å². The molecular weight excluding hydrogens is 205 g/mol. The lowest BCUT2D eigenvalue weighted by molar-refractivity contribution is -0.160. The third-order valence-electron chi connectivity index (χ3n) is 2.88. The van der Waals surface area contributed by atoms with Crippen molar-refractivity contribution in [3.63, 3.8) is 0 Å². The van der Waals surface area contributed by atoms with Crippen LogP contribution in [0.15, 0.2) is 18.5 Å². The van der Waals surface area contributed by atoms with E-state index in [4.69, 9.17) is 5.73 Å². The molecule has 0 atom stereocenters. The van der Waals surface area contributed by atoms with Crippen LogP contribution in [0.3, 0.4) is 0 Å². The highest BCUT2D eigenvalue weighted by Crippen LogP contribution is 2.58. The maximum atomic E-state index is 12.8. The van der Waals surface area contributed by atoms with Gasteiger partial charge in [-0.25, -0.2) is 0 Å². The molecule has 1 aliphatic rings. The average molecular weight is 216 g/mol. The van der Waals surface area contributed by atoms with Crippen molar-refractivity contribution in [2.75, 3.05) is 0 Å². The summed E-state index contributed by atoms with van der Waals surface area (Å²) < 4.78 is 38.3. The molecule has 2 nitrogen and oxygen atoms in total. The van der Waals surface area contributed by atoms with Crippen molar-refractivity contribution in [1.82, 2.24) is 4.98 Å². The minimum atomic E-state index is -4.18. The fourth-order valence-corrected chi connectivity index (χ4v) is 1.72. The molecule has 1 aromatic rings. The molecule has 0 aliphatic heterocycles. The molecule has 1 heterocycles. The van der Waals surface area contributed by atoms with Gasteiger partial charge in [-0.1, -0.05) is 6.07 Å². The molecule has 5 heteroatoms. The third-order valence-corrected chi connectivity index (χ3v) is 2.88. The van der Waals surface area contributed by atoms with E-state index in [1.165, 1.54) is 18.5 Å². The van der Waals surface area contributed by atoms with Crippen LogP contribution in [0.25, 0.3) is 0 Å².